The Morgan fingerprint density at radius 3 is 2.28 bits per heavy atom. The minimum atomic E-state index is -3.67. The standard InChI is InChI=1S/C32H31N3O3S/c1-21-8-18-26(19-9-21)39(36,37)35-24-14-12-23(13-15-24)32(2)31-30(27-6-4-5-7-29(27)34-31)28(20-33-32)22-10-16-25(38-3)17-11-22/h4-19,28,33-35H,20H2,1-3H3/t28-,32+/m0/s1. The van der Waals surface area contributed by atoms with E-state index in [1.807, 2.05) is 49.4 Å². The summed E-state index contributed by atoms with van der Waals surface area (Å²) < 4.78 is 33.9. The number of hydrogen-bond acceptors (Lipinski definition) is 4. The Balaban J connectivity index is 1.36. The summed E-state index contributed by atoms with van der Waals surface area (Å²) in [5.74, 6) is 1.00. The third kappa shape index (κ3) is 4.47. The van der Waals surface area contributed by atoms with Gasteiger partial charge in [-0.15, -0.1) is 0 Å². The van der Waals surface area contributed by atoms with Crippen LogP contribution in [0.1, 0.15) is 40.8 Å². The Morgan fingerprint density at radius 1 is 0.897 bits per heavy atom. The maximum atomic E-state index is 12.9. The van der Waals surface area contributed by atoms with Crippen molar-refractivity contribution in [3.05, 3.63) is 125 Å². The maximum absolute atomic E-state index is 12.9. The highest BCUT2D eigenvalue weighted by molar-refractivity contribution is 7.92. The number of ether oxygens (including phenoxy) is 1. The fourth-order valence-corrected chi connectivity index (χ4v) is 6.65. The van der Waals surface area contributed by atoms with Gasteiger partial charge in [-0.25, -0.2) is 8.42 Å². The van der Waals surface area contributed by atoms with Crippen molar-refractivity contribution in [3.8, 4) is 5.75 Å². The van der Waals surface area contributed by atoms with Crippen LogP contribution >= 0.6 is 0 Å². The molecule has 0 unspecified atom stereocenters. The number of hydrogen-bond donors (Lipinski definition) is 3. The van der Waals surface area contributed by atoms with Crippen molar-refractivity contribution in [3.63, 3.8) is 0 Å². The number of benzene rings is 4. The summed E-state index contributed by atoms with van der Waals surface area (Å²) >= 11 is 0. The van der Waals surface area contributed by atoms with E-state index in [0.717, 1.165) is 34.6 Å². The highest BCUT2D eigenvalue weighted by atomic mass is 32.2. The van der Waals surface area contributed by atoms with Gasteiger partial charge in [0.2, 0.25) is 0 Å². The van der Waals surface area contributed by atoms with Gasteiger partial charge < -0.3 is 15.0 Å². The van der Waals surface area contributed by atoms with Crippen LogP contribution in [0.4, 0.5) is 5.69 Å². The number of rotatable bonds is 6. The quantitative estimate of drug-likeness (QED) is 0.238. The third-order valence-electron chi connectivity index (χ3n) is 7.82. The van der Waals surface area contributed by atoms with Gasteiger partial charge in [-0.05, 0) is 73.0 Å². The molecule has 0 aliphatic carbocycles. The number of nitrogens with one attached hydrogen (secondary N) is 3. The molecule has 1 aliphatic heterocycles. The van der Waals surface area contributed by atoms with Crippen LogP contribution in [0.2, 0.25) is 0 Å². The molecular weight excluding hydrogens is 506 g/mol. The van der Waals surface area contributed by atoms with Gasteiger partial charge in [0, 0.05) is 34.7 Å². The van der Waals surface area contributed by atoms with Gasteiger partial charge in [0.25, 0.3) is 10.0 Å². The van der Waals surface area contributed by atoms with E-state index in [0.29, 0.717) is 5.69 Å². The lowest BCUT2D eigenvalue weighted by molar-refractivity contribution is 0.389. The zero-order chi connectivity index (χ0) is 27.2. The van der Waals surface area contributed by atoms with Gasteiger partial charge in [0.1, 0.15) is 5.75 Å². The second-order valence-electron chi connectivity index (χ2n) is 10.3. The molecule has 4 aromatic carbocycles. The summed E-state index contributed by atoms with van der Waals surface area (Å²) in [6, 6.07) is 31.2. The Hall–Kier alpha value is -4.07. The molecule has 39 heavy (non-hydrogen) atoms. The summed E-state index contributed by atoms with van der Waals surface area (Å²) in [5, 5.41) is 5.02. The summed E-state index contributed by atoms with van der Waals surface area (Å²) in [4.78, 5) is 3.95. The molecule has 0 spiro atoms. The molecule has 198 valence electrons. The Labute approximate surface area is 229 Å². The number of methoxy groups -OCH3 is 1. The molecule has 7 heteroatoms. The molecule has 0 radical (unpaired) electrons. The van der Waals surface area contributed by atoms with Gasteiger partial charge in [0.15, 0.2) is 0 Å². The molecule has 3 N–H and O–H groups in total. The number of aryl methyl sites for hydroxylation is 1. The van der Waals surface area contributed by atoms with Gasteiger partial charge in [-0.2, -0.15) is 0 Å². The van der Waals surface area contributed by atoms with E-state index in [1.54, 1.807) is 31.4 Å². The van der Waals surface area contributed by atoms with Crippen LogP contribution in [0.5, 0.6) is 5.75 Å². The molecule has 1 aromatic heterocycles. The number of para-hydroxylation sites is 1. The van der Waals surface area contributed by atoms with Gasteiger partial charge in [0.05, 0.1) is 17.5 Å². The summed E-state index contributed by atoms with van der Waals surface area (Å²) in [6.07, 6.45) is 0. The first kappa shape index (κ1) is 25.2. The molecule has 0 amide bonds. The van der Waals surface area contributed by atoms with Crippen molar-refractivity contribution in [1.82, 2.24) is 10.3 Å². The lowest BCUT2D eigenvalue weighted by Crippen LogP contribution is -2.47. The molecule has 2 atom stereocenters. The van der Waals surface area contributed by atoms with Crippen LogP contribution in [0.25, 0.3) is 10.9 Å². The smallest absolute Gasteiger partial charge is 0.261 e. The van der Waals surface area contributed by atoms with Crippen molar-refractivity contribution in [2.45, 2.75) is 30.2 Å². The van der Waals surface area contributed by atoms with E-state index < -0.39 is 15.6 Å². The minimum Gasteiger partial charge on any atom is -0.497 e. The fourth-order valence-electron chi connectivity index (χ4n) is 5.59. The molecule has 0 saturated heterocycles. The van der Waals surface area contributed by atoms with Gasteiger partial charge >= 0.3 is 0 Å². The first-order valence-corrected chi connectivity index (χ1v) is 14.5. The summed E-state index contributed by atoms with van der Waals surface area (Å²) in [7, 11) is -1.99. The number of sulfonamides is 1. The number of aromatic amines is 1. The van der Waals surface area contributed by atoms with E-state index in [1.165, 1.54) is 16.5 Å². The maximum Gasteiger partial charge on any atom is 0.261 e. The van der Waals surface area contributed by atoms with Crippen molar-refractivity contribution >= 4 is 26.6 Å². The minimum absolute atomic E-state index is 0.163. The van der Waals surface area contributed by atoms with Crippen molar-refractivity contribution in [2.75, 3.05) is 18.4 Å². The fraction of sp³-hybridized carbons (Fsp3) is 0.188. The normalized spacial score (nSPS) is 19.0. The largest absolute Gasteiger partial charge is 0.497 e. The van der Waals surface area contributed by atoms with E-state index in [2.05, 4.69) is 52.3 Å². The van der Waals surface area contributed by atoms with E-state index in [-0.39, 0.29) is 10.8 Å². The zero-order valence-corrected chi connectivity index (χ0v) is 23.0. The third-order valence-corrected chi connectivity index (χ3v) is 9.22. The molecule has 5 aromatic rings. The molecule has 2 heterocycles. The predicted octanol–water partition coefficient (Wildman–Crippen LogP) is 6.28. The number of anilines is 1. The average molecular weight is 538 g/mol. The highest BCUT2D eigenvalue weighted by Gasteiger charge is 2.40. The Morgan fingerprint density at radius 2 is 1.59 bits per heavy atom. The first-order valence-electron chi connectivity index (χ1n) is 13.0. The number of aromatic nitrogens is 1. The van der Waals surface area contributed by atoms with Crippen LogP contribution in [-0.2, 0) is 15.6 Å². The van der Waals surface area contributed by atoms with Crippen molar-refractivity contribution in [1.29, 1.82) is 0 Å². The van der Waals surface area contributed by atoms with E-state index >= 15 is 0 Å². The second kappa shape index (κ2) is 9.59. The molecule has 0 bridgehead atoms. The van der Waals surface area contributed by atoms with Crippen LogP contribution in [-0.4, -0.2) is 27.1 Å². The Bertz CT molecular complexity index is 1740. The zero-order valence-electron chi connectivity index (χ0n) is 22.2. The monoisotopic (exact) mass is 537 g/mol. The average Bonchev–Trinajstić information content (AvgIpc) is 3.35. The van der Waals surface area contributed by atoms with Crippen LogP contribution in [0, 0.1) is 6.92 Å². The first-order chi connectivity index (χ1) is 18.8. The second-order valence-corrected chi connectivity index (χ2v) is 12.0. The van der Waals surface area contributed by atoms with Crippen LogP contribution in [0.3, 0.4) is 0 Å². The SMILES string of the molecule is COc1ccc([C@@H]2CN[C@](C)(c3ccc(NS(=O)(=O)c4ccc(C)cc4)cc3)c3[nH]c4ccccc4c32)cc1. The molecule has 1 aliphatic rings. The van der Waals surface area contributed by atoms with Gasteiger partial charge in [-0.1, -0.05) is 60.2 Å². The van der Waals surface area contributed by atoms with E-state index in [9.17, 15) is 8.42 Å². The van der Waals surface area contributed by atoms with Crippen LogP contribution in [0.15, 0.2) is 102 Å². The number of fused-ring (bicyclic) bond motifs is 3. The summed E-state index contributed by atoms with van der Waals surface area (Å²) in [6.45, 7) is 4.86. The summed E-state index contributed by atoms with van der Waals surface area (Å²) in [5.41, 5.74) is 6.79. The number of H-pyrrole nitrogens is 1. The highest BCUT2D eigenvalue weighted by Crippen LogP contribution is 2.44. The predicted molar refractivity (Wildman–Crippen MR) is 156 cm³/mol. The van der Waals surface area contributed by atoms with Gasteiger partial charge in [-0.3, -0.25) is 4.72 Å². The van der Waals surface area contributed by atoms with E-state index in [4.69, 9.17) is 4.74 Å². The van der Waals surface area contributed by atoms with Crippen molar-refractivity contribution < 1.29 is 13.2 Å². The molecule has 0 fully saturated rings. The topological polar surface area (TPSA) is 83.2 Å². The molecule has 6 nitrogen and oxygen atoms in total. The van der Waals surface area contributed by atoms with Crippen molar-refractivity contribution in [2.24, 2.45) is 0 Å². The molecule has 0 saturated carbocycles. The lowest BCUT2D eigenvalue weighted by atomic mass is 9.76. The lowest BCUT2D eigenvalue weighted by Gasteiger charge is -2.39. The molecular formula is C32H31N3O3S. The molecule has 6 rings (SSSR count). The van der Waals surface area contributed by atoms with Crippen LogP contribution < -0.4 is 14.8 Å². The Kier molecular flexibility index (Phi) is 6.20.